The summed E-state index contributed by atoms with van der Waals surface area (Å²) in [5.41, 5.74) is 12.3. The van der Waals surface area contributed by atoms with Gasteiger partial charge in [0.05, 0.1) is 17.3 Å². The van der Waals surface area contributed by atoms with E-state index in [9.17, 15) is 0 Å². The van der Waals surface area contributed by atoms with E-state index in [1.165, 1.54) is 6.42 Å². The van der Waals surface area contributed by atoms with Crippen LogP contribution in [-0.4, -0.2) is 12.2 Å². The summed E-state index contributed by atoms with van der Waals surface area (Å²) in [5.74, 6) is 0. The molecule has 4 nitrogen and oxygen atoms in total. The molecule has 0 bridgehead atoms. The molecule has 0 atom stereocenters. The van der Waals surface area contributed by atoms with Crippen LogP contribution >= 0.6 is 11.6 Å². The van der Waals surface area contributed by atoms with Crippen molar-refractivity contribution in [3.8, 4) is 17.2 Å². The molecule has 2 aromatic rings. The quantitative estimate of drug-likeness (QED) is 0.680. The summed E-state index contributed by atoms with van der Waals surface area (Å²) in [6.45, 7) is 2.36. The minimum absolute atomic E-state index is 0.314. The first-order valence-electron chi connectivity index (χ1n) is 9.65. The summed E-state index contributed by atoms with van der Waals surface area (Å²) in [5, 5.41) is 9.79. The Morgan fingerprint density at radius 3 is 2.64 bits per heavy atom. The Kier molecular flexibility index (Phi) is 5.16. The van der Waals surface area contributed by atoms with Crippen LogP contribution in [0.25, 0.3) is 16.7 Å². The first kappa shape index (κ1) is 19.0. The molecule has 0 amide bonds. The molecule has 2 aromatic carbocycles. The highest BCUT2D eigenvalue weighted by atomic mass is 35.5. The molecular weight excluding hydrogens is 372 g/mol. The Bertz CT molecular complexity index is 985. The van der Waals surface area contributed by atoms with Crippen LogP contribution in [0, 0.1) is 18.3 Å². The van der Waals surface area contributed by atoms with Crippen molar-refractivity contribution in [2.75, 3.05) is 6.61 Å². The molecular formula is C23H23ClN2O2. The van der Waals surface area contributed by atoms with Crippen molar-refractivity contribution in [1.82, 2.24) is 0 Å². The average Bonchev–Trinajstić information content (AvgIpc) is 2.72. The predicted octanol–water partition coefficient (Wildman–Crippen LogP) is 5.52. The van der Waals surface area contributed by atoms with Crippen LogP contribution in [0.3, 0.4) is 0 Å². The van der Waals surface area contributed by atoms with Crippen LogP contribution in [-0.2, 0) is 9.78 Å². The maximum absolute atomic E-state index is 9.17. The number of aryl methyl sites for hydroxylation is 1. The van der Waals surface area contributed by atoms with E-state index in [1.807, 2.05) is 31.2 Å². The van der Waals surface area contributed by atoms with E-state index in [0.29, 0.717) is 17.2 Å². The smallest absolute Gasteiger partial charge is 0.143 e. The average molecular weight is 395 g/mol. The molecule has 2 N–H and O–H groups in total. The van der Waals surface area contributed by atoms with Crippen LogP contribution in [0.4, 0.5) is 0 Å². The van der Waals surface area contributed by atoms with Gasteiger partial charge in [-0.25, -0.2) is 9.78 Å². The Labute approximate surface area is 170 Å². The molecule has 1 heterocycles. The molecule has 2 aliphatic rings. The lowest BCUT2D eigenvalue weighted by molar-refractivity contribution is -0.356. The molecule has 1 fully saturated rings. The highest BCUT2D eigenvalue weighted by Crippen LogP contribution is 2.43. The number of benzene rings is 2. The SMILES string of the molecule is Cc1cc(-c2cccc(C#N)c2)c(Cl)cc1C1=C(N)C2(CCCCC2)OOC1. The second kappa shape index (κ2) is 7.60. The van der Waals surface area contributed by atoms with Gasteiger partial charge in [-0.05, 0) is 60.7 Å². The van der Waals surface area contributed by atoms with Crippen molar-refractivity contribution >= 4 is 17.2 Å². The van der Waals surface area contributed by atoms with Gasteiger partial charge >= 0.3 is 0 Å². The van der Waals surface area contributed by atoms with E-state index in [2.05, 4.69) is 12.1 Å². The molecule has 0 saturated heterocycles. The van der Waals surface area contributed by atoms with Crippen molar-refractivity contribution in [2.45, 2.75) is 44.6 Å². The Morgan fingerprint density at radius 1 is 1.11 bits per heavy atom. The Morgan fingerprint density at radius 2 is 1.89 bits per heavy atom. The zero-order chi connectivity index (χ0) is 19.7. The molecule has 1 aliphatic carbocycles. The van der Waals surface area contributed by atoms with Crippen molar-refractivity contribution in [3.05, 3.63) is 63.8 Å². The predicted molar refractivity (Wildman–Crippen MR) is 110 cm³/mol. The van der Waals surface area contributed by atoms with Gasteiger partial charge in [0.2, 0.25) is 0 Å². The van der Waals surface area contributed by atoms with E-state index in [-0.39, 0.29) is 0 Å². The first-order valence-corrected chi connectivity index (χ1v) is 10.0. The number of nitrogens with two attached hydrogens (primary N) is 1. The Hall–Kier alpha value is -2.32. The number of hydrogen-bond acceptors (Lipinski definition) is 4. The summed E-state index contributed by atoms with van der Waals surface area (Å²) in [6, 6.07) is 13.6. The minimum atomic E-state index is -0.509. The van der Waals surface area contributed by atoms with Crippen LogP contribution in [0.2, 0.25) is 5.02 Å². The summed E-state index contributed by atoms with van der Waals surface area (Å²) < 4.78 is 0. The normalized spacial score (nSPS) is 18.9. The number of nitriles is 1. The Balaban J connectivity index is 1.78. The summed E-state index contributed by atoms with van der Waals surface area (Å²) in [7, 11) is 0. The molecule has 1 spiro atoms. The van der Waals surface area contributed by atoms with Gasteiger partial charge in [0, 0.05) is 16.2 Å². The van der Waals surface area contributed by atoms with Gasteiger partial charge in [-0.1, -0.05) is 43.0 Å². The van der Waals surface area contributed by atoms with E-state index < -0.39 is 5.60 Å². The molecule has 144 valence electrons. The number of rotatable bonds is 2. The maximum Gasteiger partial charge on any atom is 0.143 e. The second-order valence-corrected chi connectivity index (χ2v) is 8.04. The molecule has 1 saturated carbocycles. The van der Waals surface area contributed by atoms with Crippen LogP contribution in [0.15, 0.2) is 42.1 Å². The molecule has 5 heteroatoms. The first-order chi connectivity index (χ1) is 13.5. The lowest BCUT2D eigenvalue weighted by Crippen LogP contribution is -2.44. The van der Waals surface area contributed by atoms with Gasteiger partial charge in [0.15, 0.2) is 0 Å². The van der Waals surface area contributed by atoms with Gasteiger partial charge < -0.3 is 5.73 Å². The monoisotopic (exact) mass is 394 g/mol. The van der Waals surface area contributed by atoms with Gasteiger partial charge in [-0.3, -0.25) is 0 Å². The molecule has 4 rings (SSSR count). The molecule has 0 unspecified atom stereocenters. The summed E-state index contributed by atoms with van der Waals surface area (Å²) >= 11 is 6.66. The molecule has 0 radical (unpaired) electrons. The standard InChI is InChI=1S/C23H23ClN2O2/c1-15-10-19(17-7-5-6-16(11-17)13-25)21(24)12-18(15)20-14-27-28-23(22(20)26)8-3-2-4-9-23/h5-7,10-12H,2-4,8-9,14,26H2,1H3. The molecule has 0 aromatic heterocycles. The van der Waals surface area contributed by atoms with E-state index in [1.54, 1.807) is 6.07 Å². The van der Waals surface area contributed by atoms with Crippen molar-refractivity contribution < 1.29 is 9.78 Å². The lowest BCUT2D eigenvalue weighted by atomic mass is 9.79. The number of hydrogen-bond donors (Lipinski definition) is 1. The van der Waals surface area contributed by atoms with E-state index in [4.69, 9.17) is 32.4 Å². The topological polar surface area (TPSA) is 68.3 Å². The largest absolute Gasteiger partial charge is 0.399 e. The summed E-state index contributed by atoms with van der Waals surface area (Å²) in [4.78, 5) is 11.2. The zero-order valence-electron chi connectivity index (χ0n) is 15.9. The van der Waals surface area contributed by atoms with E-state index in [0.717, 1.165) is 59.2 Å². The highest BCUT2D eigenvalue weighted by Gasteiger charge is 2.41. The second-order valence-electron chi connectivity index (χ2n) is 7.63. The third-order valence-corrected chi connectivity index (χ3v) is 6.15. The fourth-order valence-corrected chi connectivity index (χ4v) is 4.55. The minimum Gasteiger partial charge on any atom is -0.399 e. The van der Waals surface area contributed by atoms with Crippen molar-refractivity contribution in [3.63, 3.8) is 0 Å². The third-order valence-electron chi connectivity index (χ3n) is 5.84. The lowest BCUT2D eigenvalue weighted by Gasteiger charge is -2.40. The fraction of sp³-hybridized carbons (Fsp3) is 0.348. The van der Waals surface area contributed by atoms with Crippen LogP contribution < -0.4 is 5.73 Å². The number of halogens is 1. The van der Waals surface area contributed by atoms with Gasteiger partial charge in [0.25, 0.3) is 0 Å². The highest BCUT2D eigenvalue weighted by molar-refractivity contribution is 6.33. The van der Waals surface area contributed by atoms with Crippen molar-refractivity contribution in [2.24, 2.45) is 5.73 Å². The van der Waals surface area contributed by atoms with Crippen molar-refractivity contribution in [1.29, 1.82) is 5.26 Å². The summed E-state index contributed by atoms with van der Waals surface area (Å²) in [6.07, 6.45) is 5.15. The van der Waals surface area contributed by atoms with Gasteiger partial charge in [0.1, 0.15) is 12.2 Å². The third kappa shape index (κ3) is 3.31. The van der Waals surface area contributed by atoms with Gasteiger partial charge in [-0.2, -0.15) is 5.26 Å². The molecule has 1 aliphatic heterocycles. The van der Waals surface area contributed by atoms with Crippen LogP contribution in [0.5, 0.6) is 0 Å². The van der Waals surface area contributed by atoms with E-state index >= 15 is 0 Å². The van der Waals surface area contributed by atoms with Gasteiger partial charge in [-0.15, -0.1) is 0 Å². The fourth-order valence-electron chi connectivity index (χ4n) is 4.28. The maximum atomic E-state index is 9.17. The zero-order valence-corrected chi connectivity index (χ0v) is 16.7. The molecule has 28 heavy (non-hydrogen) atoms. The van der Waals surface area contributed by atoms with Crippen LogP contribution in [0.1, 0.15) is 48.8 Å². The number of nitrogens with zero attached hydrogens (tertiary/aromatic N) is 1.